The summed E-state index contributed by atoms with van der Waals surface area (Å²) in [5.41, 5.74) is 2.05. The van der Waals surface area contributed by atoms with Crippen molar-refractivity contribution in [3.63, 3.8) is 0 Å². The number of aromatic amines is 1. The van der Waals surface area contributed by atoms with E-state index in [9.17, 15) is 8.78 Å². The molecule has 0 aliphatic rings. The minimum atomic E-state index is -0.687. The van der Waals surface area contributed by atoms with E-state index in [0.717, 1.165) is 11.6 Å². The van der Waals surface area contributed by atoms with Crippen LogP contribution in [-0.2, 0) is 0 Å². The monoisotopic (exact) mass is 310 g/mol. The second-order valence-corrected chi connectivity index (χ2v) is 5.30. The summed E-state index contributed by atoms with van der Waals surface area (Å²) in [7, 11) is 0. The van der Waals surface area contributed by atoms with Crippen LogP contribution in [0, 0.1) is 23.3 Å². The SMILES string of the molecule is Cc1ccc(-n2c(=S)[nH]c3c(F)cc(F)cc32)c(Cl)c1. The van der Waals surface area contributed by atoms with Gasteiger partial charge in [0, 0.05) is 12.1 Å². The molecular formula is C14H9ClF2N2S. The molecule has 20 heavy (non-hydrogen) atoms. The Labute approximate surface area is 123 Å². The molecule has 1 heterocycles. The van der Waals surface area contributed by atoms with E-state index in [1.54, 1.807) is 12.1 Å². The fourth-order valence-corrected chi connectivity index (χ4v) is 2.78. The Morgan fingerprint density at radius 3 is 2.65 bits per heavy atom. The fraction of sp³-hybridized carbons (Fsp3) is 0.0714. The lowest BCUT2D eigenvalue weighted by Gasteiger charge is -2.08. The number of nitrogens with one attached hydrogen (secondary N) is 1. The minimum absolute atomic E-state index is 0.160. The molecule has 0 saturated carbocycles. The van der Waals surface area contributed by atoms with E-state index in [1.807, 2.05) is 13.0 Å². The van der Waals surface area contributed by atoms with Crippen molar-refractivity contribution in [3.05, 3.63) is 57.3 Å². The third-order valence-corrected chi connectivity index (χ3v) is 3.64. The summed E-state index contributed by atoms with van der Waals surface area (Å²) in [6.07, 6.45) is 0. The predicted molar refractivity (Wildman–Crippen MR) is 78.1 cm³/mol. The number of benzene rings is 2. The smallest absolute Gasteiger partial charge is 0.182 e. The summed E-state index contributed by atoms with van der Waals surface area (Å²) in [6.45, 7) is 1.91. The molecule has 0 aliphatic carbocycles. The van der Waals surface area contributed by atoms with Crippen molar-refractivity contribution in [1.82, 2.24) is 9.55 Å². The molecule has 0 fully saturated rings. The van der Waals surface area contributed by atoms with E-state index in [1.165, 1.54) is 10.6 Å². The molecule has 0 unspecified atom stereocenters. The topological polar surface area (TPSA) is 20.7 Å². The van der Waals surface area contributed by atoms with Gasteiger partial charge in [0.1, 0.15) is 11.3 Å². The van der Waals surface area contributed by atoms with E-state index < -0.39 is 11.6 Å². The fourth-order valence-electron chi connectivity index (χ4n) is 2.16. The Balaban J connectivity index is 2.42. The van der Waals surface area contributed by atoms with Crippen LogP contribution < -0.4 is 0 Å². The van der Waals surface area contributed by atoms with Crippen molar-refractivity contribution in [3.8, 4) is 5.69 Å². The number of fused-ring (bicyclic) bond motifs is 1. The van der Waals surface area contributed by atoms with Gasteiger partial charge in [0.15, 0.2) is 10.6 Å². The zero-order valence-electron chi connectivity index (χ0n) is 10.4. The maximum absolute atomic E-state index is 13.8. The van der Waals surface area contributed by atoms with E-state index in [-0.39, 0.29) is 10.3 Å². The van der Waals surface area contributed by atoms with Gasteiger partial charge in [0.2, 0.25) is 0 Å². The zero-order valence-corrected chi connectivity index (χ0v) is 11.9. The predicted octanol–water partition coefficient (Wildman–Crippen LogP) is 4.93. The number of rotatable bonds is 1. The summed E-state index contributed by atoms with van der Waals surface area (Å²) < 4.78 is 29.0. The van der Waals surface area contributed by atoms with Crippen LogP contribution in [0.1, 0.15) is 5.56 Å². The largest absolute Gasteiger partial charge is 0.328 e. The lowest BCUT2D eigenvalue weighted by molar-refractivity contribution is 0.590. The van der Waals surface area contributed by atoms with Crippen molar-refractivity contribution in [2.45, 2.75) is 6.92 Å². The first-order valence-electron chi connectivity index (χ1n) is 5.83. The number of imidazole rings is 1. The molecule has 0 aliphatic heterocycles. The molecule has 3 aromatic rings. The Morgan fingerprint density at radius 2 is 1.95 bits per heavy atom. The molecule has 102 valence electrons. The average molecular weight is 311 g/mol. The Kier molecular flexibility index (Phi) is 3.11. The molecule has 0 saturated heterocycles. The molecular weight excluding hydrogens is 302 g/mol. The van der Waals surface area contributed by atoms with E-state index in [4.69, 9.17) is 23.8 Å². The van der Waals surface area contributed by atoms with E-state index >= 15 is 0 Å². The minimum Gasteiger partial charge on any atom is -0.328 e. The number of hydrogen-bond donors (Lipinski definition) is 1. The van der Waals surface area contributed by atoms with E-state index in [2.05, 4.69) is 4.98 Å². The maximum Gasteiger partial charge on any atom is 0.182 e. The number of aromatic nitrogens is 2. The molecule has 0 atom stereocenters. The second kappa shape index (κ2) is 4.68. The summed E-state index contributed by atoms with van der Waals surface area (Å²) in [6, 6.07) is 7.43. The summed E-state index contributed by atoms with van der Waals surface area (Å²) in [5.74, 6) is -1.35. The number of nitrogens with zero attached hydrogens (tertiary/aromatic N) is 1. The van der Waals surface area contributed by atoms with Gasteiger partial charge in [-0.3, -0.25) is 4.57 Å². The summed E-state index contributed by atoms with van der Waals surface area (Å²) in [4.78, 5) is 2.74. The first-order valence-corrected chi connectivity index (χ1v) is 6.62. The third kappa shape index (κ3) is 2.03. The molecule has 0 spiro atoms. The summed E-state index contributed by atoms with van der Waals surface area (Å²) in [5, 5.41) is 0.465. The van der Waals surface area contributed by atoms with Crippen LogP contribution in [-0.4, -0.2) is 9.55 Å². The van der Waals surface area contributed by atoms with Crippen molar-refractivity contribution in [2.75, 3.05) is 0 Å². The highest BCUT2D eigenvalue weighted by molar-refractivity contribution is 7.71. The first-order chi connectivity index (χ1) is 9.47. The number of aryl methyl sites for hydroxylation is 1. The molecule has 0 amide bonds. The second-order valence-electron chi connectivity index (χ2n) is 4.50. The van der Waals surface area contributed by atoms with Crippen molar-refractivity contribution >= 4 is 34.9 Å². The van der Waals surface area contributed by atoms with E-state index in [0.29, 0.717) is 16.2 Å². The molecule has 2 nitrogen and oxygen atoms in total. The van der Waals surface area contributed by atoms with Crippen LogP contribution in [0.3, 0.4) is 0 Å². The Bertz CT molecular complexity index is 883. The van der Waals surface area contributed by atoms with Gasteiger partial charge in [-0.25, -0.2) is 8.78 Å². The zero-order chi connectivity index (χ0) is 14.4. The highest BCUT2D eigenvalue weighted by Crippen LogP contribution is 2.28. The van der Waals surface area contributed by atoms with Crippen LogP contribution in [0.4, 0.5) is 8.78 Å². The standard InChI is InChI=1S/C14H9ClF2N2S/c1-7-2-3-11(9(15)4-7)19-12-6-8(16)5-10(17)13(12)18-14(19)20/h2-6H,1H3,(H,18,20). The van der Waals surface area contributed by atoms with Gasteiger partial charge in [-0.2, -0.15) is 0 Å². The van der Waals surface area contributed by atoms with Crippen LogP contribution in [0.2, 0.25) is 5.02 Å². The van der Waals surface area contributed by atoms with Gasteiger partial charge >= 0.3 is 0 Å². The van der Waals surface area contributed by atoms with Gasteiger partial charge in [-0.1, -0.05) is 17.7 Å². The summed E-state index contributed by atoms with van der Waals surface area (Å²) >= 11 is 11.4. The van der Waals surface area contributed by atoms with Gasteiger partial charge in [-0.15, -0.1) is 0 Å². The first kappa shape index (κ1) is 13.3. The highest BCUT2D eigenvalue weighted by atomic mass is 35.5. The average Bonchev–Trinajstić information content (AvgIpc) is 2.67. The van der Waals surface area contributed by atoms with Crippen molar-refractivity contribution in [1.29, 1.82) is 0 Å². The lowest BCUT2D eigenvalue weighted by Crippen LogP contribution is -1.96. The van der Waals surface area contributed by atoms with Crippen LogP contribution in [0.15, 0.2) is 30.3 Å². The maximum atomic E-state index is 13.8. The third-order valence-electron chi connectivity index (χ3n) is 3.05. The number of H-pyrrole nitrogens is 1. The van der Waals surface area contributed by atoms with Gasteiger partial charge < -0.3 is 4.98 Å². The van der Waals surface area contributed by atoms with Gasteiger partial charge in [0.05, 0.1) is 16.2 Å². The Morgan fingerprint density at radius 1 is 1.20 bits per heavy atom. The van der Waals surface area contributed by atoms with Gasteiger partial charge in [-0.05, 0) is 36.8 Å². The molecule has 3 rings (SSSR count). The molecule has 1 aromatic heterocycles. The normalized spacial score (nSPS) is 11.2. The number of halogens is 3. The molecule has 6 heteroatoms. The molecule has 1 N–H and O–H groups in total. The molecule has 0 bridgehead atoms. The van der Waals surface area contributed by atoms with Gasteiger partial charge in [0.25, 0.3) is 0 Å². The van der Waals surface area contributed by atoms with Crippen molar-refractivity contribution in [2.24, 2.45) is 0 Å². The number of hydrogen-bond acceptors (Lipinski definition) is 1. The lowest BCUT2D eigenvalue weighted by atomic mass is 10.2. The van der Waals surface area contributed by atoms with Crippen LogP contribution in [0.5, 0.6) is 0 Å². The molecule has 2 aromatic carbocycles. The molecule has 0 radical (unpaired) electrons. The highest BCUT2D eigenvalue weighted by Gasteiger charge is 2.14. The quantitative estimate of drug-likeness (QED) is 0.632. The van der Waals surface area contributed by atoms with Crippen molar-refractivity contribution < 1.29 is 8.78 Å². The Hall–Kier alpha value is -1.72. The van der Waals surface area contributed by atoms with Crippen LogP contribution in [0.25, 0.3) is 16.7 Å². The van der Waals surface area contributed by atoms with Crippen LogP contribution >= 0.6 is 23.8 Å².